The second-order valence-electron chi connectivity index (χ2n) is 4.55. The third-order valence-electron chi connectivity index (χ3n) is 2.72. The Morgan fingerprint density at radius 1 is 1.15 bits per heavy atom. The summed E-state index contributed by atoms with van der Waals surface area (Å²) >= 11 is 3.33. The molecule has 0 saturated carbocycles. The highest BCUT2D eigenvalue weighted by Gasteiger charge is 2.14. The Balaban J connectivity index is 2.30. The smallest absolute Gasteiger partial charge is 0.263 e. The molecule has 2 aromatic rings. The monoisotopic (exact) mass is 354 g/mol. The van der Waals surface area contributed by atoms with Crippen LogP contribution in [-0.4, -0.2) is 13.4 Å². The first kappa shape index (κ1) is 15.0. The van der Waals surface area contributed by atoms with Crippen molar-refractivity contribution in [3.63, 3.8) is 0 Å². The molecule has 2 rings (SSSR count). The lowest BCUT2D eigenvalue weighted by molar-refractivity contribution is 0.601. The van der Waals surface area contributed by atoms with Crippen molar-refractivity contribution in [2.24, 2.45) is 0 Å². The number of rotatable bonds is 4. The van der Waals surface area contributed by atoms with Crippen LogP contribution in [-0.2, 0) is 15.4 Å². The summed E-state index contributed by atoms with van der Waals surface area (Å²) in [7, 11) is -3.60. The maximum absolute atomic E-state index is 12.3. The fraction of sp³-hybridized carbons (Fsp3) is 0.214. The number of aromatic nitrogens is 1. The lowest BCUT2D eigenvalue weighted by Gasteiger charge is -2.09. The number of nitrogens with zero attached hydrogens (tertiary/aromatic N) is 1. The minimum atomic E-state index is -3.60. The van der Waals surface area contributed by atoms with Crippen LogP contribution in [0.15, 0.2) is 41.3 Å². The molecule has 1 heterocycles. The van der Waals surface area contributed by atoms with Crippen LogP contribution >= 0.6 is 15.9 Å². The van der Waals surface area contributed by atoms with E-state index in [2.05, 4.69) is 25.6 Å². The highest BCUT2D eigenvalue weighted by Crippen LogP contribution is 2.17. The second-order valence-corrected chi connectivity index (χ2v) is 6.80. The maximum atomic E-state index is 12.3. The molecule has 0 aliphatic rings. The topological polar surface area (TPSA) is 59.1 Å². The SMILES string of the molecule is Cc1cc(C)nc(NS(=O)(=O)c2ccc(CBr)cc2)c1. The second kappa shape index (κ2) is 5.93. The van der Waals surface area contributed by atoms with Crippen molar-refractivity contribution in [3.8, 4) is 0 Å². The van der Waals surface area contributed by atoms with Crippen molar-refractivity contribution in [3.05, 3.63) is 53.2 Å². The molecule has 0 radical (unpaired) electrons. The van der Waals surface area contributed by atoms with Gasteiger partial charge in [-0.25, -0.2) is 13.4 Å². The number of pyridine rings is 1. The highest BCUT2D eigenvalue weighted by molar-refractivity contribution is 9.08. The van der Waals surface area contributed by atoms with Gasteiger partial charge in [0.1, 0.15) is 5.82 Å². The molecule has 20 heavy (non-hydrogen) atoms. The Morgan fingerprint density at radius 2 is 1.80 bits per heavy atom. The van der Waals surface area contributed by atoms with Gasteiger partial charge >= 0.3 is 0 Å². The number of benzene rings is 1. The van der Waals surface area contributed by atoms with Crippen LogP contribution in [0.4, 0.5) is 5.82 Å². The Hall–Kier alpha value is -1.40. The van der Waals surface area contributed by atoms with E-state index in [1.54, 1.807) is 30.3 Å². The predicted molar refractivity (Wildman–Crippen MR) is 83.6 cm³/mol. The van der Waals surface area contributed by atoms with Gasteiger partial charge in [0.15, 0.2) is 0 Å². The van der Waals surface area contributed by atoms with E-state index in [4.69, 9.17) is 0 Å². The zero-order chi connectivity index (χ0) is 14.8. The normalized spacial score (nSPS) is 11.3. The van der Waals surface area contributed by atoms with Crippen molar-refractivity contribution in [1.29, 1.82) is 0 Å². The van der Waals surface area contributed by atoms with Crippen molar-refractivity contribution in [2.75, 3.05) is 4.72 Å². The molecule has 0 fully saturated rings. The fourth-order valence-corrected chi connectivity index (χ4v) is 3.21. The van der Waals surface area contributed by atoms with E-state index in [0.29, 0.717) is 11.1 Å². The number of anilines is 1. The zero-order valence-corrected chi connectivity index (χ0v) is 13.6. The van der Waals surface area contributed by atoms with Gasteiger partial charge in [0, 0.05) is 11.0 Å². The quantitative estimate of drug-likeness (QED) is 0.856. The van der Waals surface area contributed by atoms with Gasteiger partial charge in [0.05, 0.1) is 4.90 Å². The molecule has 106 valence electrons. The van der Waals surface area contributed by atoms with Crippen LogP contribution in [0, 0.1) is 13.8 Å². The van der Waals surface area contributed by atoms with E-state index in [1.165, 1.54) is 0 Å². The summed E-state index contributed by atoms with van der Waals surface area (Å²) < 4.78 is 27.0. The maximum Gasteiger partial charge on any atom is 0.263 e. The Kier molecular flexibility index (Phi) is 4.45. The van der Waals surface area contributed by atoms with Gasteiger partial charge in [-0.2, -0.15) is 0 Å². The minimum Gasteiger partial charge on any atom is -0.263 e. The van der Waals surface area contributed by atoms with Crippen molar-refractivity contribution < 1.29 is 8.42 Å². The summed E-state index contributed by atoms with van der Waals surface area (Å²) in [6.07, 6.45) is 0. The molecule has 0 bridgehead atoms. The third kappa shape index (κ3) is 3.58. The van der Waals surface area contributed by atoms with Crippen LogP contribution < -0.4 is 4.72 Å². The van der Waals surface area contributed by atoms with Gasteiger partial charge in [-0.1, -0.05) is 28.1 Å². The third-order valence-corrected chi connectivity index (χ3v) is 4.74. The van der Waals surface area contributed by atoms with Gasteiger partial charge in [-0.15, -0.1) is 0 Å². The molecule has 0 amide bonds. The number of hydrogen-bond acceptors (Lipinski definition) is 3. The van der Waals surface area contributed by atoms with Gasteiger partial charge in [-0.3, -0.25) is 4.72 Å². The van der Waals surface area contributed by atoms with Crippen LogP contribution in [0.5, 0.6) is 0 Å². The first-order valence-corrected chi connectivity index (χ1v) is 8.64. The van der Waals surface area contributed by atoms with E-state index >= 15 is 0 Å². The van der Waals surface area contributed by atoms with Gasteiger partial charge in [-0.05, 0) is 49.2 Å². The standard InChI is InChI=1S/C14H15BrN2O2S/c1-10-7-11(2)16-14(8-10)17-20(18,19)13-5-3-12(9-15)4-6-13/h3-8H,9H2,1-2H3,(H,16,17). The number of halogens is 1. The number of aryl methyl sites for hydroxylation is 2. The van der Waals surface area contributed by atoms with E-state index in [1.807, 2.05) is 19.9 Å². The summed E-state index contributed by atoms with van der Waals surface area (Å²) in [6.45, 7) is 3.73. The first-order chi connectivity index (χ1) is 9.40. The lowest BCUT2D eigenvalue weighted by Crippen LogP contribution is -2.14. The lowest BCUT2D eigenvalue weighted by atomic mass is 10.2. The number of hydrogen-bond donors (Lipinski definition) is 1. The molecule has 0 aliphatic carbocycles. The van der Waals surface area contributed by atoms with Crippen LogP contribution in [0.1, 0.15) is 16.8 Å². The van der Waals surface area contributed by atoms with Crippen LogP contribution in [0.25, 0.3) is 0 Å². The molecule has 0 atom stereocenters. The van der Waals surface area contributed by atoms with Crippen molar-refractivity contribution in [2.45, 2.75) is 24.1 Å². The molecule has 0 saturated heterocycles. The predicted octanol–water partition coefficient (Wildman–Crippen LogP) is 3.39. The minimum absolute atomic E-state index is 0.225. The molecule has 1 aromatic heterocycles. The molecule has 1 N–H and O–H groups in total. The summed E-state index contributed by atoms with van der Waals surface area (Å²) in [6, 6.07) is 10.3. The molecule has 0 aliphatic heterocycles. The van der Waals surface area contributed by atoms with Crippen LogP contribution in [0.3, 0.4) is 0 Å². The summed E-state index contributed by atoms with van der Waals surface area (Å²) in [5.74, 6) is 0.340. The number of sulfonamides is 1. The summed E-state index contributed by atoms with van der Waals surface area (Å²) in [5, 5.41) is 0.694. The molecule has 1 aromatic carbocycles. The largest absolute Gasteiger partial charge is 0.263 e. The molecule has 4 nitrogen and oxygen atoms in total. The van der Waals surface area contributed by atoms with Crippen LogP contribution in [0.2, 0.25) is 0 Å². The molecule has 0 unspecified atom stereocenters. The number of nitrogens with one attached hydrogen (secondary N) is 1. The van der Waals surface area contributed by atoms with Gasteiger partial charge < -0.3 is 0 Å². The fourth-order valence-electron chi connectivity index (χ4n) is 1.85. The van der Waals surface area contributed by atoms with E-state index in [9.17, 15) is 8.42 Å². The Morgan fingerprint density at radius 3 is 2.35 bits per heavy atom. The zero-order valence-electron chi connectivity index (χ0n) is 11.2. The van der Waals surface area contributed by atoms with Crippen molar-refractivity contribution in [1.82, 2.24) is 4.98 Å². The summed E-state index contributed by atoms with van der Waals surface area (Å²) in [5.41, 5.74) is 2.76. The van der Waals surface area contributed by atoms with E-state index in [-0.39, 0.29) is 4.90 Å². The average Bonchev–Trinajstić information content (AvgIpc) is 2.37. The molecular weight excluding hydrogens is 340 g/mol. The Bertz CT molecular complexity index is 692. The van der Waals surface area contributed by atoms with Gasteiger partial charge in [0.25, 0.3) is 10.0 Å². The molecule has 6 heteroatoms. The van der Waals surface area contributed by atoms with E-state index < -0.39 is 10.0 Å². The van der Waals surface area contributed by atoms with Gasteiger partial charge in [0.2, 0.25) is 0 Å². The summed E-state index contributed by atoms with van der Waals surface area (Å²) in [4.78, 5) is 4.41. The number of alkyl halides is 1. The first-order valence-electron chi connectivity index (χ1n) is 6.04. The Labute approximate surface area is 127 Å². The molecular formula is C14H15BrN2O2S. The molecule has 0 spiro atoms. The van der Waals surface area contributed by atoms with E-state index in [0.717, 1.165) is 16.8 Å². The average molecular weight is 355 g/mol. The highest BCUT2D eigenvalue weighted by atomic mass is 79.9. The van der Waals surface area contributed by atoms with Crippen molar-refractivity contribution >= 4 is 31.8 Å².